The van der Waals surface area contributed by atoms with Gasteiger partial charge in [-0.1, -0.05) is 0 Å². The SMILES string of the molecule is Cl.N#Cc1cc(S(=O)(=O)c2ccc(F)cc2)cc2c3c(oc12)CCNC3. The topological polar surface area (TPSA) is 83.1 Å². The molecule has 0 saturated heterocycles. The first-order valence-electron chi connectivity index (χ1n) is 7.70. The Labute approximate surface area is 155 Å². The first kappa shape index (κ1) is 18.4. The highest BCUT2D eigenvalue weighted by Gasteiger charge is 2.25. The molecule has 0 radical (unpaired) electrons. The lowest BCUT2D eigenvalue weighted by Gasteiger charge is -2.11. The Morgan fingerprint density at radius 1 is 1.15 bits per heavy atom. The zero-order valence-corrected chi connectivity index (χ0v) is 15.1. The van der Waals surface area contributed by atoms with Crippen LogP contribution in [-0.2, 0) is 22.8 Å². The predicted molar refractivity (Wildman–Crippen MR) is 95.4 cm³/mol. The molecule has 0 fully saturated rings. The molecular formula is C18H14ClFN2O3S. The normalized spacial score (nSPS) is 13.7. The van der Waals surface area contributed by atoms with Crippen LogP contribution in [0.3, 0.4) is 0 Å². The molecule has 2 heterocycles. The number of halogens is 2. The van der Waals surface area contributed by atoms with Crippen LogP contribution in [-0.4, -0.2) is 15.0 Å². The third-order valence-corrected chi connectivity index (χ3v) is 6.08. The fourth-order valence-corrected chi connectivity index (χ4v) is 4.38. The van der Waals surface area contributed by atoms with E-state index in [0.29, 0.717) is 23.9 Å². The molecule has 1 N–H and O–H groups in total. The van der Waals surface area contributed by atoms with Crippen molar-refractivity contribution in [3.05, 3.63) is 59.1 Å². The van der Waals surface area contributed by atoms with Gasteiger partial charge in [-0.15, -0.1) is 12.4 Å². The first-order chi connectivity index (χ1) is 12.0. The molecule has 8 heteroatoms. The van der Waals surface area contributed by atoms with Gasteiger partial charge in [0.05, 0.1) is 15.4 Å². The molecule has 4 rings (SSSR count). The van der Waals surface area contributed by atoms with E-state index in [9.17, 15) is 18.1 Å². The molecule has 0 saturated carbocycles. The number of furan rings is 1. The second-order valence-electron chi connectivity index (χ2n) is 5.85. The Bertz CT molecular complexity index is 1130. The minimum atomic E-state index is -3.86. The molecular weight excluding hydrogens is 379 g/mol. The van der Waals surface area contributed by atoms with Crippen molar-refractivity contribution in [1.29, 1.82) is 5.26 Å². The molecule has 26 heavy (non-hydrogen) atoms. The number of nitrogens with one attached hydrogen (secondary N) is 1. The number of rotatable bonds is 2. The lowest BCUT2D eigenvalue weighted by atomic mass is 10.0. The molecule has 2 aromatic carbocycles. The van der Waals surface area contributed by atoms with Gasteiger partial charge in [0.2, 0.25) is 9.84 Å². The minimum absolute atomic E-state index is 0. The summed E-state index contributed by atoms with van der Waals surface area (Å²) in [5.41, 5.74) is 1.47. The molecule has 5 nitrogen and oxygen atoms in total. The second kappa shape index (κ2) is 6.72. The average molecular weight is 393 g/mol. The van der Waals surface area contributed by atoms with Gasteiger partial charge in [-0.05, 0) is 36.4 Å². The quantitative estimate of drug-likeness (QED) is 0.676. The monoisotopic (exact) mass is 392 g/mol. The fraction of sp³-hybridized carbons (Fsp3) is 0.167. The summed E-state index contributed by atoms with van der Waals surface area (Å²) < 4.78 is 44.6. The van der Waals surface area contributed by atoms with E-state index in [4.69, 9.17) is 4.42 Å². The van der Waals surface area contributed by atoms with Crippen LogP contribution in [0, 0.1) is 17.1 Å². The van der Waals surface area contributed by atoms with Crippen molar-refractivity contribution in [2.45, 2.75) is 22.8 Å². The smallest absolute Gasteiger partial charge is 0.206 e. The van der Waals surface area contributed by atoms with Crippen molar-refractivity contribution < 1.29 is 17.2 Å². The number of nitrogens with zero attached hydrogens (tertiary/aromatic N) is 1. The van der Waals surface area contributed by atoms with Gasteiger partial charge in [-0.3, -0.25) is 0 Å². The van der Waals surface area contributed by atoms with Crippen LogP contribution < -0.4 is 5.32 Å². The Kier molecular flexibility index (Phi) is 4.76. The van der Waals surface area contributed by atoms with Crippen LogP contribution >= 0.6 is 12.4 Å². The average Bonchev–Trinajstić information content (AvgIpc) is 3.00. The molecule has 134 valence electrons. The van der Waals surface area contributed by atoms with Gasteiger partial charge < -0.3 is 9.73 Å². The lowest BCUT2D eigenvalue weighted by molar-refractivity contribution is 0.500. The maximum atomic E-state index is 13.1. The van der Waals surface area contributed by atoms with Crippen molar-refractivity contribution in [3.63, 3.8) is 0 Å². The zero-order valence-electron chi connectivity index (χ0n) is 13.5. The Morgan fingerprint density at radius 2 is 1.88 bits per heavy atom. The van der Waals surface area contributed by atoms with Gasteiger partial charge in [-0.2, -0.15) is 5.26 Å². The molecule has 0 atom stereocenters. The van der Waals surface area contributed by atoms with E-state index in [1.165, 1.54) is 24.3 Å². The van der Waals surface area contributed by atoms with Crippen LogP contribution in [0.4, 0.5) is 4.39 Å². The largest absolute Gasteiger partial charge is 0.459 e. The number of nitriles is 1. The zero-order chi connectivity index (χ0) is 17.6. The summed E-state index contributed by atoms with van der Waals surface area (Å²) in [6.45, 7) is 1.34. The van der Waals surface area contributed by atoms with Crippen molar-refractivity contribution in [2.75, 3.05) is 6.54 Å². The van der Waals surface area contributed by atoms with E-state index in [0.717, 1.165) is 30.0 Å². The van der Waals surface area contributed by atoms with E-state index in [1.54, 1.807) is 0 Å². The van der Waals surface area contributed by atoms with Crippen LogP contribution in [0.5, 0.6) is 0 Å². The highest BCUT2D eigenvalue weighted by molar-refractivity contribution is 7.91. The molecule has 0 spiro atoms. The van der Waals surface area contributed by atoms with Gasteiger partial charge in [0.15, 0.2) is 5.58 Å². The maximum absolute atomic E-state index is 13.1. The van der Waals surface area contributed by atoms with E-state index in [1.807, 2.05) is 6.07 Å². The number of hydrogen-bond acceptors (Lipinski definition) is 5. The standard InChI is InChI=1S/C18H13FN2O3S.ClH/c19-12-1-3-13(4-2-12)25(22,23)14-7-11(9-20)18-15(8-14)16-10-21-6-5-17(16)24-18;/h1-4,7-8,21H,5-6,10H2;1H. The number of sulfone groups is 1. The van der Waals surface area contributed by atoms with Crippen LogP contribution in [0.15, 0.2) is 50.6 Å². The fourth-order valence-electron chi connectivity index (χ4n) is 3.07. The van der Waals surface area contributed by atoms with E-state index >= 15 is 0 Å². The molecule has 3 aromatic rings. The van der Waals surface area contributed by atoms with Crippen LogP contribution in [0.1, 0.15) is 16.9 Å². The van der Waals surface area contributed by atoms with E-state index in [-0.39, 0.29) is 27.8 Å². The van der Waals surface area contributed by atoms with E-state index in [2.05, 4.69) is 5.32 Å². The minimum Gasteiger partial charge on any atom is -0.459 e. The summed E-state index contributed by atoms with van der Waals surface area (Å²) in [6, 6.07) is 9.48. The Morgan fingerprint density at radius 3 is 2.58 bits per heavy atom. The molecule has 0 aliphatic carbocycles. The molecule has 0 unspecified atom stereocenters. The van der Waals surface area contributed by atoms with Gasteiger partial charge in [-0.25, -0.2) is 12.8 Å². The molecule has 1 aromatic heterocycles. The first-order valence-corrected chi connectivity index (χ1v) is 9.19. The van der Waals surface area contributed by atoms with Crippen LogP contribution in [0.25, 0.3) is 11.0 Å². The van der Waals surface area contributed by atoms with Gasteiger partial charge >= 0.3 is 0 Å². The third-order valence-electron chi connectivity index (χ3n) is 4.33. The summed E-state index contributed by atoms with van der Waals surface area (Å²) >= 11 is 0. The maximum Gasteiger partial charge on any atom is 0.206 e. The second-order valence-corrected chi connectivity index (χ2v) is 7.80. The number of benzene rings is 2. The highest BCUT2D eigenvalue weighted by Crippen LogP contribution is 2.34. The van der Waals surface area contributed by atoms with Crippen molar-refractivity contribution in [2.24, 2.45) is 0 Å². The van der Waals surface area contributed by atoms with Gasteiger partial charge in [0, 0.05) is 30.5 Å². The summed E-state index contributed by atoms with van der Waals surface area (Å²) in [7, 11) is -3.86. The molecule has 1 aliphatic heterocycles. The predicted octanol–water partition coefficient (Wildman–Crippen LogP) is 3.34. The van der Waals surface area contributed by atoms with Gasteiger partial charge in [0.25, 0.3) is 0 Å². The van der Waals surface area contributed by atoms with Crippen molar-refractivity contribution in [1.82, 2.24) is 5.32 Å². The number of hydrogen-bond donors (Lipinski definition) is 1. The van der Waals surface area contributed by atoms with Gasteiger partial charge in [0.1, 0.15) is 17.6 Å². The summed E-state index contributed by atoms with van der Waals surface area (Å²) in [5.74, 6) is 0.267. The van der Waals surface area contributed by atoms with Crippen molar-refractivity contribution in [3.8, 4) is 6.07 Å². The summed E-state index contributed by atoms with van der Waals surface area (Å²) in [6.07, 6.45) is 0.689. The Balaban J connectivity index is 0.00000196. The highest BCUT2D eigenvalue weighted by atomic mass is 35.5. The summed E-state index contributed by atoms with van der Waals surface area (Å²) in [5, 5.41) is 13.3. The van der Waals surface area contributed by atoms with E-state index < -0.39 is 15.7 Å². The molecule has 0 amide bonds. The lowest BCUT2D eigenvalue weighted by Crippen LogP contribution is -2.22. The van der Waals surface area contributed by atoms with Crippen LogP contribution in [0.2, 0.25) is 0 Å². The molecule has 1 aliphatic rings. The Hall–Kier alpha value is -2.40. The summed E-state index contributed by atoms with van der Waals surface area (Å²) in [4.78, 5) is -0.0232. The third kappa shape index (κ3) is 2.86. The van der Waals surface area contributed by atoms with Crippen molar-refractivity contribution >= 4 is 33.2 Å². The molecule has 0 bridgehead atoms. The number of fused-ring (bicyclic) bond motifs is 3.